The summed E-state index contributed by atoms with van der Waals surface area (Å²) in [7, 11) is 0. The van der Waals surface area contributed by atoms with E-state index in [4.69, 9.17) is 14.3 Å². The van der Waals surface area contributed by atoms with Crippen molar-refractivity contribution < 1.29 is 19.1 Å². The molecule has 1 spiro atoms. The molecule has 1 aromatic rings. The largest absolute Gasteiger partial charge is 0.490 e. The monoisotopic (exact) mass is 291 g/mol. The van der Waals surface area contributed by atoms with Crippen molar-refractivity contribution in [3.63, 3.8) is 0 Å². The molecule has 2 unspecified atom stereocenters. The van der Waals surface area contributed by atoms with Crippen LogP contribution in [0.4, 0.5) is 4.79 Å². The van der Waals surface area contributed by atoms with Crippen molar-refractivity contribution in [1.29, 1.82) is 0 Å². The smallest absolute Gasteiger partial charge is 0.408 e. The molecule has 3 aliphatic heterocycles. The van der Waals surface area contributed by atoms with Gasteiger partial charge in [-0.2, -0.15) is 5.48 Å². The Bertz CT molecular complexity index is 594. The van der Waals surface area contributed by atoms with Crippen LogP contribution in [0, 0.1) is 0 Å². The number of nitrogens with one attached hydrogen (secondary N) is 3. The lowest BCUT2D eigenvalue weighted by atomic mass is 9.92. The Morgan fingerprint density at radius 2 is 2.19 bits per heavy atom. The van der Waals surface area contributed by atoms with Gasteiger partial charge in [0, 0.05) is 5.56 Å². The summed E-state index contributed by atoms with van der Waals surface area (Å²) in [4.78, 5) is 16.8. The van der Waals surface area contributed by atoms with Gasteiger partial charge in [-0.25, -0.2) is 4.79 Å². The van der Waals surface area contributed by atoms with Crippen LogP contribution in [0.15, 0.2) is 18.2 Å². The Morgan fingerprint density at radius 1 is 1.33 bits per heavy atom. The zero-order valence-electron chi connectivity index (χ0n) is 11.6. The minimum Gasteiger partial charge on any atom is -0.490 e. The van der Waals surface area contributed by atoms with E-state index in [0.717, 1.165) is 23.3 Å². The topological polar surface area (TPSA) is 80.9 Å². The van der Waals surface area contributed by atoms with Crippen LogP contribution in [0.2, 0.25) is 0 Å². The van der Waals surface area contributed by atoms with Crippen LogP contribution in [0.5, 0.6) is 5.75 Å². The van der Waals surface area contributed by atoms with Gasteiger partial charge in [-0.1, -0.05) is 19.1 Å². The molecule has 4 rings (SSSR count). The predicted octanol–water partition coefficient (Wildman–Crippen LogP) is 0.873. The minimum absolute atomic E-state index is 0.0121. The van der Waals surface area contributed by atoms with Crippen molar-refractivity contribution in [3.8, 4) is 5.75 Å². The molecule has 0 saturated carbocycles. The number of hydrogen-bond acceptors (Lipinski definition) is 6. The van der Waals surface area contributed by atoms with Crippen molar-refractivity contribution in [1.82, 2.24) is 16.1 Å². The fraction of sp³-hybridized carbons (Fsp3) is 0.500. The number of fused-ring (bicyclic) bond motifs is 2. The number of hydrogen-bond donors (Lipinski definition) is 3. The lowest BCUT2D eigenvalue weighted by molar-refractivity contribution is 0.0207. The lowest BCUT2D eigenvalue weighted by Crippen LogP contribution is -2.41. The highest BCUT2D eigenvalue weighted by Gasteiger charge is 2.48. The molecular formula is C14H17N3O4. The highest BCUT2D eigenvalue weighted by molar-refractivity contribution is 5.72. The van der Waals surface area contributed by atoms with E-state index in [1.807, 2.05) is 18.2 Å². The molecule has 3 N–H and O–H groups in total. The lowest BCUT2D eigenvalue weighted by Gasteiger charge is -2.18. The second-order valence-electron chi connectivity index (χ2n) is 5.56. The second kappa shape index (κ2) is 4.59. The molecule has 3 heterocycles. The number of benzene rings is 1. The molecular weight excluding hydrogens is 274 g/mol. The number of ether oxygens (including phenoxy) is 2. The third-order valence-corrected chi connectivity index (χ3v) is 4.17. The van der Waals surface area contributed by atoms with E-state index in [9.17, 15) is 4.79 Å². The molecule has 0 aliphatic carbocycles. The van der Waals surface area contributed by atoms with Gasteiger partial charge in [0.25, 0.3) is 0 Å². The molecule has 112 valence electrons. The normalized spacial score (nSPS) is 33.7. The van der Waals surface area contributed by atoms with Crippen molar-refractivity contribution in [2.45, 2.75) is 31.3 Å². The number of amides is 1. The van der Waals surface area contributed by atoms with Gasteiger partial charge in [-0.05, 0) is 18.1 Å². The maximum Gasteiger partial charge on any atom is 0.408 e. The molecule has 21 heavy (non-hydrogen) atoms. The summed E-state index contributed by atoms with van der Waals surface area (Å²) in [6, 6.07) is 5.96. The highest BCUT2D eigenvalue weighted by Crippen LogP contribution is 2.40. The van der Waals surface area contributed by atoms with E-state index >= 15 is 0 Å². The average Bonchev–Trinajstić information content (AvgIpc) is 3.19. The van der Waals surface area contributed by atoms with Gasteiger partial charge in [0.05, 0.1) is 0 Å². The first kappa shape index (κ1) is 12.9. The first-order valence-corrected chi connectivity index (χ1v) is 7.09. The quantitative estimate of drug-likeness (QED) is 0.750. The maximum atomic E-state index is 11.3. The van der Waals surface area contributed by atoms with Crippen molar-refractivity contribution in [3.05, 3.63) is 29.3 Å². The average molecular weight is 291 g/mol. The zero-order valence-corrected chi connectivity index (χ0v) is 11.6. The third-order valence-electron chi connectivity index (χ3n) is 4.17. The molecule has 2 saturated heterocycles. The van der Waals surface area contributed by atoms with Gasteiger partial charge < -0.3 is 14.8 Å². The van der Waals surface area contributed by atoms with Crippen LogP contribution < -0.4 is 20.9 Å². The Kier molecular flexibility index (Phi) is 2.81. The second-order valence-corrected chi connectivity index (χ2v) is 5.56. The van der Waals surface area contributed by atoms with Crippen LogP contribution in [-0.4, -0.2) is 25.5 Å². The Hall–Kier alpha value is -1.83. The summed E-state index contributed by atoms with van der Waals surface area (Å²) in [5.41, 5.74) is 4.43. The van der Waals surface area contributed by atoms with Crippen LogP contribution in [0.25, 0.3) is 0 Å². The summed E-state index contributed by atoms with van der Waals surface area (Å²) in [5.74, 6) is 0.779. The molecule has 3 atom stereocenters. The van der Waals surface area contributed by atoms with Crippen molar-refractivity contribution >= 4 is 6.09 Å². The fourth-order valence-corrected chi connectivity index (χ4v) is 2.96. The van der Waals surface area contributed by atoms with Gasteiger partial charge in [0.15, 0.2) is 0 Å². The number of hydroxylamine groups is 1. The first-order chi connectivity index (χ1) is 10.2. The molecule has 7 nitrogen and oxygen atoms in total. The molecule has 1 aromatic carbocycles. The minimum atomic E-state index is -0.538. The number of rotatable bonds is 2. The van der Waals surface area contributed by atoms with Crippen LogP contribution in [0.1, 0.15) is 30.6 Å². The van der Waals surface area contributed by atoms with Gasteiger partial charge in [-0.15, -0.1) is 0 Å². The molecule has 2 fully saturated rings. The standard InChI is InChI=1S/C14H17N3O4/c1-2-11-15-12(17-21-11)8-3-4-9-10(5-8)19-6-14(9)7-20-13(18)16-14/h3-5,11-12,15,17H,2,6-7H2,1H3,(H,16,18)/t11?,12?,14-/m0/s1. The van der Waals surface area contributed by atoms with E-state index in [2.05, 4.69) is 23.0 Å². The molecule has 7 heteroatoms. The van der Waals surface area contributed by atoms with Gasteiger partial charge in [-0.3, -0.25) is 10.2 Å². The summed E-state index contributed by atoms with van der Waals surface area (Å²) < 4.78 is 10.8. The Balaban J connectivity index is 1.60. The summed E-state index contributed by atoms with van der Waals surface area (Å²) in [6.45, 7) is 2.76. The summed E-state index contributed by atoms with van der Waals surface area (Å²) >= 11 is 0. The number of cyclic esters (lactones) is 1. The van der Waals surface area contributed by atoms with Gasteiger partial charge in [0.1, 0.15) is 36.9 Å². The van der Waals surface area contributed by atoms with Crippen LogP contribution in [-0.2, 0) is 15.1 Å². The summed E-state index contributed by atoms with van der Waals surface area (Å²) in [5, 5.41) is 6.18. The zero-order chi connectivity index (χ0) is 14.4. The number of carbonyl (C=O) groups excluding carboxylic acids is 1. The Labute approximate surface area is 121 Å². The predicted molar refractivity (Wildman–Crippen MR) is 72.3 cm³/mol. The SMILES string of the molecule is CCC1NC(c2ccc3c(c2)OC[C@]32COC(=O)N2)NO1. The van der Waals surface area contributed by atoms with E-state index in [0.29, 0.717) is 13.2 Å². The van der Waals surface area contributed by atoms with Crippen molar-refractivity contribution in [2.75, 3.05) is 13.2 Å². The molecule has 0 bridgehead atoms. The fourth-order valence-electron chi connectivity index (χ4n) is 2.96. The maximum absolute atomic E-state index is 11.3. The molecule has 1 amide bonds. The molecule has 0 aromatic heterocycles. The third kappa shape index (κ3) is 1.97. The highest BCUT2D eigenvalue weighted by atomic mass is 16.7. The van der Waals surface area contributed by atoms with E-state index in [1.165, 1.54) is 0 Å². The van der Waals surface area contributed by atoms with Crippen molar-refractivity contribution in [2.24, 2.45) is 0 Å². The van der Waals surface area contributed by atoms with Crippen LogP contribution >= 0.6 is 0 Å². The first-order valence-electron chi connectivity index (χ1n) is 7.09. The molecule has 0 radical (unpaired) electrons. The van der Waals surface area contributed by atoms with E-state index in [-0.39, 0.29) is 12.4 Å². The van der Waals surface area contributed by atoms with E-state index < -0.39 is 11.6 Å². The molecule has 3 aliphatic rings. The number of carbonyl (C=O) groups is 1. The Morgan fingerprint density at radius 3 is 2.90 bits per heavy atom. The summed E-state index contributed by atoms with van der Waals surface area (Å²) in [6.07, 6.45) is 0.443. The van der Waals surface area contributed by atoms with Crippen LogP contribution in [0.3, 0.4) is 0 Å². The van der Waals surface area contributed by atoms with E-state index in [1.54, 1.807) is 0 Å². The number of alkyl carbamates (subject to hydrolysis) is 1. The van der Waals surface area contributed by atoms with Gasteiger partial charge in [0.2, 0.25) is 0 Å². The van der Waals surface area contributed by atoms with Gasteiger partial charge >= 0.3 is 6.09 Å².